The number of aromatic nitrogens is 3. The number of benzene rings is 1. The number of anilines is 2. The SMILES string of the molecule is CC(Sc1n[nH]c(C(C)C)n1)C(=O)Nc1ccc(N2CCCCC2)cc1. The molecule has 0 aliphatic carbocycles. The first-order valence-corrected chi connectivity index (χ1v) is 10.2. The number of thioether (sulfide) groups is 1. The number of rotatable bonds is 6. The molecule has 140 valence electrons. The fourth-order valence-corrected chi connectivity index (χ4v) is 3.66. The Labute approximate surface area is 159 Å². The van der Waals surface area contributed by atoms with Crippen LogP contribution in [0.25, 0.3) is 0 Å². The topological polar surface area (TPSA) is 73.9 Å². The second-order valence-electron chi connectivity index (χ2n) is 7.00. The summed E-state index contributed by atoms with van der Waals surface area (Å²) in [7, 11) is 0. The molecule has 1 aromatic carbocycles. The minimum atomic E-state index is -0.271. The van der Waals surface area contributed by atoms with Crippen LogP contribution in [0.2, 0.25) is 0 Å². The monoisotopic (exact) mass is 373 g/mol. The molecule has 1 aromatic heterocycles. The summed E-state index contributed by atoms with van der Waals surface area (Å²) in [6.45, 7) is 8.22. The molecule has 0 spiro atoms. The molecule has 6 nitrogen and oxygen atoms in total. The van der Waals surface area contributed by atoms with E-state index in [-0.39, 0.29) is 11.2 Å². The first kappa shape index (κ1) is 18.8. The summed E-state index contributed by atoms with van der Waals surface area (Å²) in [5.74, 6) is 1.09. The van der Waals surface area contributed by atoms with E-state index < -0.39 is 0 Å². The molecule has 2 aromatic rings. The van der Waals surface area contributed by atoms with Crippen LogP contribution < -0.4 is 10.2 Å². The quantitative estimate of drug-likeness (QED) is 0.748. The van der Waals surface area contributed by atoms with E-state index in [0.29, 0.717) is 11.1 Å². The van der Waals surface area contributed by atoms with Gasteiger partial charge in [-0.15, -0.1) is 5.10 Å². The minimum absolute atomic E-state index is 0.0448. The van der Waals surface area contributed by atoms with Gasteiger partial charge in [-0.1, -0.05) is 25.6 Å². The molecule has 26 heavy (non-hydrogen) atoms. The van der Waals surface area contributed by atoms with Crippen LogP contribution in [0, 0.1) is 0 Å². The lowest BCUT2D eigenvalue weighted by atomic mass is 10.1. The van der Waals surface area contributed by atoms with E-state index in [9.17, 15) is 4.79 Å². The number of hydrogen-bond donors (Lipinski definition) is 2. The van der Waals surface area contributed by atoms with Gasteiger partial charge in [-0.3, -0.25) is 9.89 Å². The van der Waals surface area contributed by atoms with Gasteiger partial charge in [-0.2, -0.15) is 0 Å². The molecule has 3 rings (SSSR count). The molecule has 1 saturated heterocycles. The largest absolute Gasteiger partial charge is 0.372 e. The van der Waals surface area contributed by atoms with Crippen LogP contribution in [0.15, 0.2) is 29.4 Å². The zero-order valence-corrected chi connectivity index (χ0v) is 16.5. The maximum Gasteiger partial charge on any atom is 0.237 e. The summed E-state index contributed by atoms with van der Waals surface area (Å²) >= 11 is 1.36. The third kappa shape index (κ3) is 4.78. The Morgan fingerprint density at radius 1 is 1.15 bits per heavy atom. The van der Waals surface area contributed by atoms with Crippen molar-refractivity contribution in [2.75, 3.05) is 23.3 Å². The molecule has 0 saturated carbocycles. The summed E-state index contributed by atoms with van der Waals surface area (Å²) < 4.78 is 0. The van der Waals surface area contributed by atoms with Crippen LogP contribution in [-0.4, -0.2) is 39.4 Å². The highest BCUT2D eigenvalue weighted by atomic mass is 32.2. The summed E-state index contributed by atoms with van der Waals surface area (Å²) in [4.78, 5) is 19.3. The van der Waals surface area contributed by atoms with Gasteiger partial charge >= 0.3 is 0 Å². The molecule has 0 radical (unpaired) electrons. The molecule has 7 heteroatoms. The van der Waals surface area contributed by atoms with Crippen molar-refractivity contribution in [3.05, 3.63) is 30.1 Å². The average Bonchev–Trinajstić information content (AvgIpc) is 3.12. The standard InChI is InChI=1S/C19H27N5OS/c1-13(2)17-21-19(23-22-17)26-14(3)18(25)20-15-7-9-16(10-8-15)24-11-5-4-6-12-24/h7-10,13-14H,4-6,11-12H2,1-3H3,(H,20,25)(H,21,22,23). The first-order chi connectivity index (χ1) is 12.5. The highest BCUT2D eigenvalue weighted by Gasteiger charge is 2.18. The van der Waals surface area contributed by atoms with Gasteiger partial charge in [-0.25, -0.2) is 4.98 Å². The number of hydrogen-bond acceptors (Lipinski definition) is 5. The van der Waals surface area contributed by atoms with Gasteiger partial charge in [0.25, 0.3) is 0 Å². The van der Waals surface area contributed by atoms with Crippen LogP contribution in [0.5, 0.6) is 0 Å². The Kier molecular flexibility index (Phi) is 6.19. The predicted octanol–water partition coefficient (Wildman–Crippen LogP) is 4.04. The van der Waals surface area contributed by atoms with Gasteiger partial charge in [0.05, 0.1) is 5.25 Å². The van der Waals surface area contributed by atoms with E-state index in [1.54, 1.807) is 0 Å². The van der Waals surface area contributed by atoms with E-state index in [1.807, 2.05) is 19.1 Å². The van der Waals surface area contributed by atoms with Gasteiger partial charge in [0.15, 0.2) is 0 Å². The van der Waals surface area contributed by atoms with Crippen LogP contribution in [0.3, 0.4) is 0 Å². The van der Waals surface area contributed by atoms with Crippen LogP contribution in [0.4, 0.5) is 11.4 Å². The predicted molar refractivity (Wildman–Crippen MR) is 107 cm³/mol. The van der Waals surface area contributed by atoms with E-state index in [2.05, 4.69) is 51.4 Å². The molecule has 1 aliphatic rings. The van der Waals surface area contributed by atoms with Crippen molar-refractivity contribution in [3.63, 3.8) is 0 Å². The average molecular weight is 374 g/mol. The Morgan fingerprint density at radius 3 is 2.46 bits per heavy atom. The minimum Gasteiger partial charge on any atom is -0.372 e. The third-order valence-electron chi connectivity index (χ3n) is 4.54. The number of nitrogens with one attached hydrogen (secondary N) is 2. The van der Waals surface area contributed by atoms with E-state index >= 15 is 0 Å². The highest BCUT2D eigenvalue weighted by molar-refractivity contribution is 8.00. The lowest BCUT2D eigenvalue weighted by Gasteiger charge is -2.28. The molecule has 2 N–H and O–H groups in total. The van der Waals surface area contributed by atoms with Crippen molar-refractivity contribution < 1.29 is 4.79 Å². The van der Waals surface area contributed by atoms with Crippen molar-refractivity contribution >= 4 is 29.0 Å². The molecule has 1 unspecified atom stereocenters. The van der Waals surface area contributed by atoms with Crippen LogP contribution in [0.1, 0.15) is 51.8 Å². The highest BCUT2D eigenvalue weighted by Crippen LogP contribution is 2.24. The first-order valence-electron chi connectivity index (χ1n) is 9.28. The van der Waals surface area contributed by atoms with Crippen LogP contribution in [-0.2, 0) is 4.79 Å². The Hall–Kier alpha value is -2.02. The molecular formula is C19H27N5OS. The summed E-state index contributed by atoms with van der Waals surface area (Å²) in [6.07, 6.45) is 3.84. The second-order valence-corrected chi connectivity index (χ2v) is 8.31. The van der Waals surface area contributed by atoms with Gasteiger partial charge < -0.3 is 10.2 Å². The lowest BCUT2D eigenvalue weighted by Crippen LogP contribution is -2.29. The van der Waals surface area contributed by atoms with Crippen LogP contribution >= 0.6 is 11.8 Å². The van der Waals surface area contributed by atoms with E-state index in [4.69, 9.17) is 0 Å². The number of carbonyl (C=O) groups excluding carboxylic acids is 1. The number of nitrogens with zero attached hydrogens (tertiary/aromatic N) is 3. The summed E-state index contributed by atoms with van der Waals surface area (Å²) in [5, 5.41) is 10.4. The molecular weight excluding hydrogens is 346 g/mol. The van der Waals surface area contributed by atoms with Crippen molar-refractivity contribution in [2.45, 2.75) is 56.4 Å². The molecule has 0 bridgehead atoms. The fourth-order valence-electron chi connectivity index (χ4n) is 2.93. The molecule has 1 atom stereocenters. The van der Waals surface area contributed by atoms with Gasteiger partial charge in [0.1, 0.15) is 5.82 Å². The van der Waals surface area contributed by atoms with Gasteiger partial charge in [0, 0.05) is 30.4 Å². The molecule has 1 fully saturated rings. The van der Waals surface area contributed by atoms with Crippen molar-refractivity contribution in [3.8, 4) is 0 Å². The summed E-state index contributed by atoms with van der Waals surface area (Å²) in [6, 6.07) is 8.12. The number of H-pyrrole nitrogens is 1. The Balaban J connectivity index is 1.54. The maximum absolute atomic E-state index is 12.4. The third-order valence-corrected chi connectivity index (χ3v) is 5.50. The number of amides is 1. The zero-order chi connectivity index (χ0) is 18.5. The van der Waals surface area contributed by atoms with E-state index in [0.717, 1.165) is 24.6 Å². The fraction of sp³-hybridized carbons (Fsp3) is 0.526. The molecule has 1 aliphatic heterocycles. The Morgan fingerprint density at radius 2 is 1.85 bits per heavy atom. The van der Waals surface area contributed by atoms with E-state index in [1.165, 1.54) is 36.7 Å². The number of carbonyl (C=O) groups is 1. The maximum atomic E-state index is 12.4. The molecule has 2 heterocycles. The second kappa shape index (κ2) is 8.58. The smallest absolute Gasteiger partial charge is 0.237 e. The molecule has 1 amide bonds. The number of aromatic amines is 1. The van der Waals surface area contributed by atoms with Crippen molar-refractivity contribution in [1.29, 1.82) is 0 Å². The van der Waals surface area contributed by atoms with Gasteiger partial charge in [0.2, 0.25) is 11.1 Å². The Bertz CT molecular complexity index is 722. The van der Waals surface area contributed by atoms with Crippen molar-refractivity contribution in [2.24, 2.45) is 0 Å². The zero-order valence-electron chi connectivity index (χ0n) is 15.7. The normalized spacial score (nSPS) is 15.9. The summed E-state index contributed by atoms with van der Waals surface area (Å²) in [5.41, 5.74) is 2.05. The lowest BCUT2D eigenvalue weighted by molar-refractivity contribution is -0.115. The number of piperidine rings is 1. The van der Waals surface area contributed by atoms with Gasteiger partial charge in [-0.05, 0) is 50.5 Å². The van der Waals surface area contributed by atoms with Crippen molar-refractivity contribution in [1.82, 2.24) is 15.2 Å².